The number of fused-ring (bicyclic) bond motifs is 1. The first-order valence-electron chi connectivity index (χ1n) is 7.38. The zero-order valence-electron chi connectivity index (χ0n) is 12.8. The molecule has 0 aliphatic carbocycles. The molecule has 2 N–H and O–H groups in total. The summed E-state index contributed by atoms with van der Waals surface area (Å²) in [5, 5.41) is 10.3. The third-order valence-corrected chi connectivity index (χ3v) is 3.72. The molecule has 3 nitrogen and oxygen atoms in total. The smallest absolute Gasteiger partial charge is 0.191 e. The average molecular weight is 319 g/mol. The molecule has 0 fully saturated rings. The number of nitrogens with one attached hydrogen (secondary N) is 2. The second-order valence-corrected chi connectivity index (χ2v) is 5.60. The van der Waals surface area contributed by atoms with Crippen molar-refractivity contribution in [3.05, 3.63) is 78.4 Å². The van der Waals surface area contributed by atoms with Crippen molar-refractivity contribution in [1.82, 2.24) is 5.43 Å². The van der Waals surface area contributed by atoms with Crippen molar-refractivity contribution in [2.75, 3.05) is 5.32 Å². The third-order valence-electron chi connectivity index (χ3n) is 3.52. The van der Waals surface area contributed by atoms with Gasteiger partial charge in [-0.25, -0.2) is 0 Å². The Kier molecular flexibility index (Phi) is 4.64. The highest BCUT2D eigenvalue weighted by molar-refractivity contribution is 7.80. The van der Waals surface area contributed by atoms with E-state index in [-0.39, 0.29) is 0 Å². The summed E-state index contributed by atoms with van der Waals surface area (Å²) in [5.74, 6) is 0. The monoisotopic (exact) mass is 319 g/mol. The quantitative estimate of drug-likeness (QED) is 0.422. The summed E-state index contributed by atoms with van der Waals surface area (Å²) in [6, 6.07) is 24.3. The van der Waals surface area contributed by atoms with Gasteiger partial charge in [-0.05, 0) is 53.7 Å². The van der Waals surface area contributed by atoms with Crippen molar-refractivity contribution in [3.8, 4) is 0 Å². The molecule has 3 aromatic carbocycles. The van der Waals surface area contributed by atoms with Crippen LogP contribution < -0.4 is 10.7 Å². The number of hydrogen-bond donors (Lipinski definition) is 2. The Balaban J connectivity index is 1.69. The maximum atomic E-state index is 5.25. The van der Waals surface area contributed by atoms with Crippen LogP contribution in [0.1, 0.15) is 12.5 Å². The zero-order chi connectivity index (χ0) is 16.1. The summed E-state index contributed by atoms with van der Waals surface area (Å²) in [4.78, 5) is 0. The van der Waals surface area contributed by atoms with Crippen molar-refractivity contribution in [1.29, 1.82) is 0 Å². The van der Waals surface area contributed by atoms with Crippen molar-refractivity contribution < 1.29 is 0 Å². The van der Waals surface area contributed by atoms with Crippen LogP contribution in [0.25, 0.3) is 10.8 Å². The molecule has 0 radical (unpaired) electrons. The number of para-hydroxylation sites is 1. The Labute approximate surface area is 141 Å². The van der Waals surface area contributed by atoms with Gasteiger partial charge in [-0.2, -0.15) is 5.10 Å². The first-order chi connectivity index (χ1) is 11.2. The zero-order valence-corrected chi connectivity index (χ0v) is 13.6. The number of hydrazone groups is 1. The largest absolute Gasteiger partial charge is 0.331 e. The number of rotatable bonds is 3. The van der Waals surface area contributed by atoms with Crippen LogP contribution in [-0.2, 0) is 0 Å². The number of thiocarbonyl (C=S) groups is 1. The van der Waals surface area contributed by atoms with E-state index in [1.807, 2.05) is 49.4 Å². The van der Waals surface area contributed by atoms with Crippen LogP contribution in [0.4, 0.5) is 5.69 Å². The molecule has 0 saturated heterocycles. The van der Waals surface area contributed by atoms with Gasteiger partial charge in [0, 0.05) is 5.69 Å². The van der Waals surface area contributed by atoms with E-state index in [4.69, 9.17) is 12.2 Å². The highest BCUT2D eigenvalue weighted by Gasteiger charge is 2.01. The van der Waals surface area contributed by atoms with Gasteiger partial charge in [-0.1, -0.05) is 54.6 Å². The van der Waals surface area contributed by atoms with E-state index in [2.05, 4.69) is 46.2 Å². The minimum atomic E-state index is 0.469. The van der Waals surface area contributed by atoms with Crippen LogP contribution in [0, 0.1) is 0 Å². The Morgan fingerprint density at radius 2 is 1.57 bits per heavy atom. The van der Waals surface area contributed by atoms with Gasteiger partial charge in [0.05, 0.1) is 5.71 Å². The molecule has 0 amide bonds. The predicted octanol–water partition coefficient (Wildman–Crippen LogP) is 4.55. The number of anilines is 1. The molecule has 0 atom stereocenters. The molecule has 0 aromatic heterocycles. The van der Waals surface area contributed by atoms with Gasteiger partial charge in [0.15, 0.2) is 5.11 Å². The van der Waals surface area contributed by atoms with E-state index in [9.17, 15) is 0 Å². The Hall–Kier alpha value is -2.72. The summed E-state index contributed by atoms with van der Waals surface area (Å²) in [5.41, 5.74) is 5.77. The number of hydrogen-bond acceptors (Lipinski definition) is 2. The first-order valence-corrected chi connectivity index (χ1v) is 7.79. The molecule has 0 spiro atoms. The van der Waals surface area contributed by atoms with Crippen molar-refractivity contribution in [2.45, 2.75) is 6.92 Å². The van der Waals surface area contributed by atoms with E-state index in [1.54, 1.807) is 0 Å². The second-order valence-electron chi connectivity index (χ2n) is 5.19. The van der Waals surface area contributed by atoms with Crippen LogP contribution in [0.15, 0.2) is 77.9 Å². The molecule has 0 aliphatic heterocycles. The molecule has 23 heavy (non-hydrogen) atoms. The molecule has 114 valence electrons. The van der Waals surface area contributed by atoms with Gasteiger partial charge < -0.3 is 5.32 Å². The summed E-state index contributed by atoms with van der Waals surface area (Å²) >= 11 is 5.25. The van der Waals surface area contributed by atoms with Gasteiger partial charge in [0.1, 0.15) is 0 Å². The van der Waals surface area contributed by atoms with E-state index >= 15 is 0 Å². The number of benzene rings is 3. The van der Waals surface area contributed by atoms with E-state index in [0.717, 1.165) is 17.0 Å². The molecule has 3 aromatic rings. The van der Waals surface area contributed by atoms with Crippen molar-refractivity contribution in [3.63, 3.8) is 0 Å². The molecule has 4 heteroatoms. The minimum Gasteiger partial charge on any atom is -0.331 e. The molecule has 3 rings (SSSR count). The minimum absolute atomic E-state index is 0.469. The number of nitrogens with zero attached hydrogens (tertiary/aromatic N) is 1. The van der Waals surface area contributed by atoms with Gasteiger partial charge in [-0.15, -0.1) is 0 Å². The topological polar surface area (TPSA) is 36.4 Å². The SMILES string of the molecule is C/C(=N\NC(=S)Nc1ccccc1)c1ccc2ccccc2c1. The Morgan fingerprint density at radius 3 is 2.35 bits per heavy atom. The van der Waals surface area contributed by atoms with Gasteiger partial charge in [0.2, 0.25) is 0 Å². The highest BCUT2D eigenvalue weighted by Crippen LogP contribution is 2.16. The van der Waals surface area contributed by atoms with Crippen LogP contribution in [-0.4, -0.2) is 10.8 Å². The summed E-state index contributed by atoms with van der Waals surface area (Å²) < 4.78 is 0. The van der Waals surface area contributed by atoms with Gasteiger partial charge >= 0.3 is 0 Å². The normalized spacial score (nSPS) is 11.3. The third kappa shape index (κ3) is 3.93. The summed E-state index contributed by atoms with van der Waals surface area (Å²) in [7, 11) is 0. The van der Waals surface area contributed by atoms with Crippen LogP contribution >= 0.6 is 12.2 Å². The molecule has 0 aliphatic rings. The fraction of sp³-hybridized carbons (Fsp3) is 0.0526. The molecular formula is C19H17N3S. The first kappa shape index (κ1) is 15.2. The standard InChI is InChI=1S/C19H17N3S/c1-14(16-12-11-15-7-5-6-8-17(15)13-16)21-22-19(23)20-18-9-3-2-4-10-18/h2-13H,1H3,(H2,20,22,23)/b21-14+. The maximum Gasteiger partial charge on any atom is 0.191 e. The lowest BCUT2D eigenvalue weighted by molar-refractivity contribution is 1.04. The Morgan fingerprint density at radius 1 is 0.870 bits per heavy atom. The summed E-state index contributed by atoms with van der Waals surface area (Å²) in [6.07, 6.45) is 0. The van der Waals surface area contributed by atoms with E-state index in [1.165, 1.54) is 10.8 Å². The van der Waals surface area contributed by atoms with E-state index < -0.39 is 0 Å². The lowest BCUT2D eigenvalue weighted by Crippen LogP contribution is -2.24. The molecule has 0 heterocycles. The fourth-order valence-corrected chi connectivity index (χ4v) is 2.46. The van der Waals surface area contributed by atoms with Crippen molar-refractivity contribution in [2.24, 2.45) is 5.10 Å². The van der Waals surface area contributed by atoms with Gasteiger partial charge in [0.25, 0.3) is 0 Å². The molecule has 0 saturated carbocycles. The van der Waals surface area contributed by atoms with Crippen LogP contribution in [0.2, 0.25) is 0 Å². The second kappa shape index (κ2) is 7.03. The van der Waals surface area contributed by atoms with Crippen LogP contribution in [0.3, 0.4) is 0 Å². The fourth-order valence-electron chi connectivity index (χ4n) is 2.29. The average Bonchev–Trinajstić information content (AvgIpc) is 2.60. The van der Waals surface area contributed by atoms with Crippen LogP contribution in [0.5, 0.6) is 0 Å². The lowest BCUT2D eigenvalue weighted by atomic mass is 10.0. The van der Waals surface area contributed by atoms with Gasteiger partial charge in [-0.3, -0.25) is 5.43 Å². The molecule has 0 bridgehead atoms. The Bertz CT molecular complexity index is 857. The van der Waals surface area contributed by atoms with E-state index in [0.29, 0.717) is 5.11 Å². The maximum absolute atomic E-state index is 5.25. The lowest BCUT2D eigenvalue weighted by Gasteiger charge is -2.08. The summed E-state index contributed by atoms with van der Waals surface area (Å²) in [6.45, 7) is 1.96. The predicted molar refractivity (Wildman–Crippen MR) is 102 cm³/mol. The highest BCUT2D eigenvalue weighted by atomic mass is 32.1. The molecular weight excluding hydrogens is 302 g/mol. The molecule has 0 unspecified atom stereocenters. The van der Waals surface area contributed by atoms with Crippen molar-refractivity contribution >= 4 is 39.5 Å².